The standard InChI is InChI=1S/C23H33N5O2/c1-18-19(12-25-26(18)2)13-27-14-22(30-17-20-8-6-7-11-24-20)15-28(23(29)16-27)21-9-4-3-5-10-21/h6-8,11-12,21-22H,3-5,9-10,13-17H2,1-2H3/t22-/m1/s1. The minimum absolute atomic E-state index is 0.0302. The highest BCUT2D eigenvalue weighted by Crippen LogP contribution is 2.25. The van der Waals surface area contributed by atoms with E-state index in [2.05, 4.69) is 26.8 Å². The van der Waals surface area contributed by atoms with Gasteiger partial charge >= 0.3 is 0 Å². The van der Waals surface area contributed by atoms with E-state index in [-0.39, 0.29) is 12.0 Å². The van der Waals surface area contributed by atoms with Crippen molar-refractivity contribution in [2.45, 2.75) is 64.3 Å². The number of hydrogen-bond donors (Lipinski definition) is 0. The Bertz CT molecular complexity index is 831. The van der Waals surface area contributed by atoms with Crippen LogP contribution in [0, 0.1) is 6.92 Å². The maximum atomic E-state index is 13.2. The van der Waals surface area contributed by atoms with Gasteiger partial charge in [-0.3, -0.25) is 19.4 Å². The molecule has 7 heteroatoms. The van der Waals surface area contributed by atoms with Crippen molar-refractivity contribution in [3.05, 3.63) is 47.5 Å². The second-order valence-corrected chi connectivity index (χ2v) is 8.64. The number of carbonyl (C=O) groups is 1. The first-order chi connectivity index (χ1) is 14.6. The van der Waals surface area contributed by atoms with Crippen LogP contribution < -0.4 is 0 Å². The minimum Gasteiger partial charge on any atom is -0.369 e. The molecule has 0 radical (unpaired) electrons. The van der Waals surface area contributed by atoms with Gasteiger partial charge in [-0.2, -0.15) is 5.10 Å². The van der Waals surface area contributed by atoms with Crippen molar-refractivity contribution in [1.82, 2.24) is 24.6 Å². The van der Waals surface area contributed by atoms with Crippen LogP contribution in [0.4, 0.5) is 0 Å². The summed E-state index contributed by atoms with van der Waals surface area (Å²) >= 11 is 0. The number of carbonyl (C=O) groups excluding carboxylic acids is 1. The SMILES string of the molecule is Cc1c(CN2CC(=O)N(C3CCCCC3)C[C@H](OCc3ccccn3)C2)cnn1C. The van der Waals surface area contributed by atoms with Gasteiger partial charge in [0.25, 0.3) is 0 Å². The van der Waals surface area contributed by atoms with Gasteiger partial charge in [0, 0.05) is 50.2 Å². The van der Waals surface area contributed by atoms with Crippen molar-refractivity contribution in [3.63, 3.8) is 0 Å². The Morgan fingerprint density at radius 2 is 2.00 bits per heavy atom. The number of aromatic nitrogens is 3. The van der Waals surface area contributed by atoms with Crippen LogP contribution in [0.25, 0.3) is 0 Å². The van der Waals surface area contributed by atoms with Crippen LogP contribution in [0.3, 0.4) is 0 Å². The van der Waals surface area contributed by atoms with E-state index in [1.807, 2.05) is 36.1 Å². The van der Waals surface area contributed by atoms with Crippen molar-refractivity contribution < 1.29 is 9.53 Å². The van der Waals surface area contributed by atoms with E-state index in [0.717, 1.165) is 30.8 Å². The zero-order valence-electron chi connectivity index (χ0n) is 18.2. The monoisotopic (exact) mass is 411 g/mol. The van der Waals surface area contributed by atoms with Gasteiger partial charge in [0.15, 0.2) is 0 Å². The van der Waals surface area contributed by atoms with E-state index in [4.69, 9.17) is 4.74 Å². The van der Waals surface area contributed by atoms with E-state index in [0.29, 0.717) is 32.3 Å². The van der Waals surface area contributed by atoms with Crippen LogP contribution in [-0.4, -0.2) is 62.3 Å². The lowest BCUT2D eigenvalue weighted by molar-refractivity contribution is -0.135. The molecule has 1 amide bonds. The van der Waals surface area contributed by atoms with Crippen LogP contribution in [-0.2, 0) is 29.7 Å². The van der Waals surface area contributed by atoms with Crippen LogP contribution in [0.1, 0.15) is 49.1 Å². The molecular formula is C23H33N5O2. The third-order valence-electron chi connectivity index (χ3n) is 6.48. The van der Waals surface area contributed by atoms with Crippen LogP contribution >= 0.6 is 0 Å². The van der Waals surface area contributed by atoms with Gasteiger partial charge in [0.05, 0.1) is 31.1 Å². The predicted octanol–water partition coefficient (Wildman–Crippen LogP) is 2.69. The van der Waals surface area contributed by atoms with Crippen molar-refractivity contribution in [2.24, 2.45) is 7.05 Å². The van der Waals surface area contributed by atoms with Gasteiger partial charge in [-0.05, 0) is 31.9 Å². The molecule has 2 aromatic heterocycles. The van der Waals surface area contributed by atoms with Crippen LogP contribution in [0.15, 0.2) is 30.6 Å². The molecule has 1 saturated carbocycles. The highest BCUT2D eigenvalue weighted by atomic mass is 16.5. The fourth-order valence-corrected chi connectivity index (χ4v) is 4.61. The van der Waals surface area contributed by atoms with Crippen molar-refractivity contribution in [3.8, 4) is 0 Å². The van der Waals surface area contributed by atoms with Crippen molar-refractivity contribution >= 4 is 5.91 Å². The van der Waals surface area contributed by atoms with E-state index in [9.17, 15) is 4.79 Å². The molecule has 0 unspecified atom stereocenters. The minimum atomic E-state index is -0.0302. The molecule has 1 aliphatic heterocycles. The molecule has 0 bridgehead atoms. The highest BCUT2D eigenvalue weighted by molar-refractivity contribution is 5.79. The number of rotatable bonds is 6. The summed E-state index contributed by atoms with van der Waals surface area (Å²) in [5.74, 6) is 0.229. The predicted molar refractivity (Wildman–Crippen MR) is 115 cm³/mol. The highest BCUT2D eigenvalue weighted by Gasteiger charge is 2.33. The first kappa shape index (κ1) is 21.0. The number of aryl methyl sites for hydroxylation is 1. The molecular weight excluding hydrogens is 378 g/mol. The molecule has 1 aliphatic carbocycles. The van der Waals surface area contributed by atoms with Gasteiger partial charge < -0.3 is 9.64 Å². The average molecular weight is 412 g/mol. The molecule has 3 heterocycles. The number of pyridine rings is 1. The van der Waals surface area contributed by atoms with E-state index < -0.39 is 0 Å². The normalized spacial score (nSPS) is 21.7. The molecule has 2 aromatic rings. The van der Waals surface area contributed by atoms with E-state index >= 15 is 0 Å². The molecule has 4 rings (SSSR count). The summed E-state index contributed by atoms with van der Waals surface area (Å²) in [6.45, 7) is 5.10. The van der Waals surface area contributed by atoms with Crippen molar-refractivity contribution in [1.29, 1.82) is 0 Å². The molecule has 1 atom stereocenters. The Balaban J connectivity index is 1.49. The number of nitrogens with zero attached hydrogens (tertiary/aromatic N) is 5. The third-order valence-corrected chi connectivity index (χ3v) is 6.48. The fourth-order valence-electron chi connectivity index (χ4n) is 4.61. The zero-order chi connectivity index (χ0) is 20.9. The third kappa shape index (κ3) is 5.08. The lowest BCUT2D eigenvalue weighted by atomic mass is 9.94. The Morgan fingerprint density at radius 1 is 1.17 bits per heavy atom. The quantitative estimate of drug-likeness (QED) is 0.731. The zero-order valence-corrected chi connectivity index (χ0v) is 18.2. The average Bonchev–Trinajstić information content (AvgIpc) is 2.99. The summed E-state index contributed by atoms with van der Waals surface area (Å²) in [5.41, 5.74) is 3.23. The van der Waals surface area contributed by atoms with Gasteiger partial charge in [-0.15, -0.1) is 0 Å². The Labute approximate surface area is 179 Å². The van der Waals surface area contributed by atoms with Gasteiger partial charge in [-0.1, -0.05) is 25.3 Å². The number of hydrogen-bond acceptors (Lipinski definition) is 5. The molecule has 0 N–H and O–H groups in total. The largest absolute Gasteiger partial charge is 0.369 e. The van der Waals surface area contributed by atoms with E-state index in [1.54, 1.807) is 6.20 Å². The molecule has 7 nitrogen and oxygen atoms in total. The summed E-state index contributed by atoms with van der Waals surface area (Å²) in [5, 5.41) is 4.36. The lowest BCUT2D eigenvalue weighted by Gasteiger charge is -2.35. The Hall–Kier alpha value is -2.25. The van der Waals surface area contributed by atoms with Gasteiger partial charge in [0.2, 0.25) is 5.91 Å². The summed E-state index contributed by atoms with van der Waals surface area (Å²) in [4.78, 5) is 21.9. The molecule has 2 fully saturated rings. The molecule has 30 heavy (non-hydrogen) atoms. The molecule has 1 saturated heterocycles. The summed E-state index contributed by atoms with van der Waals surface area (Å²) in [6.07, 6.45) is 9.61. The number of amides is 1. The lowest BCUT2D eigenvalue weighted by Crippen LogP contribution is -2.45. The van der Waals surface area contributed by atoms with Crippen LogP contribution in [0.2, 0.25) is 0 Å². The second kappa shape index (κ2) is 9.71. The number of ether oxygens (including phenoxy) is 1. The molecule has 2 aliphatic rings. The topological polar surface area (TPSA) is 63.5 Å². The van der Waals surface area contributed by atoms with E-state index in [1.165, 1.54) is 24.8 Å². The van der Waals surface area contributed by atoms with Gasteiger partial charge in [-0.25, -0.2) is 0 Å². The summed E-state index contributed by atoms with van der Waals surface area (Å²) in [7, 11) is 1.95. The molecule has 162 valence electrons. The summed E-state index contributed by atoms with van der Waals surface area (Å²) < 4.78 is 8.19. The Kier molecular flexibility index (Phi) is 6.79. The molecule has 0 aromatic carbocycles. The van der Waals surface area contributed by atoms with Gasteiger partial charge in [0.1, 0.15) is 0 Å². The second-order valence-electron chi connectivity index (χ2n) is 8.64. The maximum Gasteiger partial charge on any atom is 0.237 e. The smallest absolute Gasteiger partial charge is 0.237 e. The maximum absolute atomic E-state index is 13.2. The van der Waals surface area contributed by atoms with Crippen molar-refractivity contribution in [2.75, 3.05) is 19.6 Å². The first-order valence-electron chi connectivity index (χ1n) is 11.1. The molecule has 0 spiro atoms. The first-order valence-corrected chi connectivity index (χ1v) is 11.1. The Morgan fingerprint density at radius 3 is 2.70 bits per heavy atom. The summed E-state index contributed by atoms with van der Waals surface area (Å²) in [6, 6.07) is 6.23. The fraction of sp³-hybridized carbons (Fsp3) is 0.609. The van der Waals surface area contributed by atoms with Crippen LogP contribution in [0.5, 0.6) is 0 Å².